The van der Waals surface area contributed by atoms with Gasteiger partial charge in [-0.25, -0.2) is 0 Å². The van der Waals surface area contributed by atoms with Crippen molar-refractivity contribution in [1.82, 2.24) is 9.88 Å². The van der Waals surface area contributed by atoms with Crippen molar-refractivity contribution in [2.24, 2.45) is 11.7 Å². The van der Waals surface area contributed by atoms with E-state index in [2.05, 4.69) is 4.98 Å². The van der Waals surface area contributed by atoms with Gasteiger partial charge in [-0.2, -0.15) is 18.4 Å². The highest BCUT2D eigenvalue weighted by atomic mass is 19.4. The normalized spacial score (nSPS) is 16.8. The van der Waals surface area contributed by atoms with Crippen LogP contribution in [0.4, 0.5) is 13.2 Å². The van der Waals surface area contributed by atoms with E-state index < -0.39 is 29.7 Å². The van der Waals surface area contributed by atoms with E-state index in [0.717, 1.165) is 11.3 Å². The predicted molar refractivity (Wildman–Crippen MR) is 115 cm³/mol. The lowest BCUT2D eigenvalue weighted by Crippen LogP contribution is -2.54. The molecule has 1 amide bonds. The summed E-state index contributed by atoms with van der Waals surface area (Å²) in [4.78, 5) is 18.1. The molecule has 0 unspecified atom stereocenters. The fraction of sp³-hybridized carbons (Fsp3) is 0.458. The second kappa shape index (κ2) is 8.91. The number of carbonyl (C=O) groups is 1. The van der Waals surface area contributed by atoms with E-state index in [4.69, 9.17) is 5.73 Å². The molecule has 0 saturated heterocycles. The first-order valence-electron chi connectivity index (χ1n) is 10.6. The Kier molecular flexibility index (Phi) is 6.61. The standard InChI is InChI=1S/C24H27F3N4O/c1-15(2)12-20(29)22(32)31(23(14-28)10-11-23)21(24(25,26)27)18-8-6-17(7-9-18)19-5-4-16(3)30-13-19/h4-9,13,15,20-21H,10-12,29H2,1-3H3/t20-,21-/m0/s1. The quantitative estimate of drug-likeness (QED) is 0.657. The molecule has 0 spiro atoms. The number of nitriles is 1. The molecule has 1 aliphatic rings. The molecule has 32 heavy (non-hydrogen) atoms. The SMILES string of the molecule is Cc1ccc(-c2ccc([C@H](N(C(=O)[C@@H](N)CC(C)C)C3(C#N)CC3)C(F)(F)F)cc2)cn1. The second-order valence-corrected chi connectivity index (χ2v) is 8.84. The van der Waals surface area contributed by atoms with Gasteiger partial charge in [0.05, 0.1) is 12.1 Å². The van der Waals surface area contributed by atoms with Gasteiger partial charge in [-0.1, -0.05) is 44.2 Å². The Morgan fingerprint density at radius 3 is 2.22 bits per heavy atom. The number of aryl methyl sites for hydroxylation is 1. The lowest BCUT2D eigenvalue weighted by atomic mass is 9.96. The molecule has 0 radical (unpaired) electrons. The average Bonchev–Trinajstić information content (AvgIpc) is 3.52. The average molecular weight is 445 g/mol. The molecule has 0 bridgehead atoms. The van der Waals surface area contributed by atoms with Crippen molar-refractivity contribution in [3.05, 3.63) is 53.9 Å². The maximum Gasteiger partial charge on any atom is 0.413 e. The Balaban J connectivity index is 2.02. The number of aromatic nitrogens is 1. The Morgan fingerprint density at radius 1 is 1.19 bits per heavy atom. The zero-order valence-electron chi connectivity index (χ0n) is 18.4. The largest absolute Gasteiger partial charge is 0.413 e. The summed E-state index contributed by atoms with van der Waals surface area (Å²) in [5.41, 5.74) is 6.72. The number of hydrogen-bond acceptors (Lipinski definition) is 4. The van der Waals surface area contributed by atoms with Gasteiger partial charge in [0, 0.05) is 17.5 Å². The van der Waals surface area contributed by atoms with Crippen LogP contribution < -0.4 is 5.73 Å². The Bertz CT molecular complexity index is 990. The van der Waals surface area contributed by atoms with Crippen molar-refractivity contribution in [3.63, 3.8) is 0 Å². The number of rotatable bonds is 7. The van der Waals surface area contributed by atoms with Gasteiger partial charge in [0.2, 0.25) is 5.91 Å². The minimum atomic E-state index is -4.77. The molecule has 8 heteroatoms. The summed E-state index contributed by atoms with van der Waals surface area (Å²) in [5, 5.41) is 9.66. The Labute approximate surface area is 186 Å². The van der Waals surface area contributed by atoms with Crippen LogP contribution in [-0.4, -0.2) is 33.5 Å². The molecule has 1 aromatic carbocycles. The van der Waals surface area contributed by atoms with E-state index in [1.54, 1.807) is 18.3 Å². The van der Waals surface area contributed by atoms with E-state index in [1.807, 2.05) is 39.0 Å². The van der Waals surface area contributed by atoms with Gasteiger partial charge in [-0.3, -0.25) is 9.78 Å². The number of nitrogens with two attached hydrogens (primary N) is 1. The zero-order valence-corrected chi connectivity index (χ0v) is 18.4. The third-order valence-corrected chi connectivity index (χ3v) is 5.71. The van der Waals surface area contributed by atoms with E-state index >= 15 is 0 Å². The third kappa shape index (κ3) is 4.94. The second-order valence-electron chi connectivity index (χ2n) is 8.84. The fourth-order valence-electron chi connectivity index (χ4n) is 3.88. The van der Waals surface area contributed by atoms with Crippen molar-refractivity contribution in [1.29, 1.82) is 5.26 Å². The summed E-state index contributed by atoms with van der Waals surface area (Å²) in [6, 6.07) is 8.11. The highest BCUT2D eigenvalue weighted by molar-refractivity contribution is 5.84. The molecule has 170 valence electrons. The van der Waals surface area contributed by atoms with Crippen LogP contribution in [0, 0.1) is 24.2 Å². The van der Waals surface area contributed by atoms with Crippen LogP contribution in [0.1, 0.15) is 50.4 Å². The van der Waals surface area contributed by atoms with Gasteiger partial charge in [-0.15, -0.1) is 0 Å². The number of hydrogen-bond donors (Lipinski definition) is 1. The summed E-state index contributed by atoms with van der Waals surface area (Å²) in [6.45, 7) is 5.53. The molecule has 2 N–H and O–H groups in total. The van der Waals surface area contributed by atoms with Gasteiger partial charge < -0.3 is 10.6 Å². The molecule has 1 saturated carbocycles. The van der Waals surface area contributed by atoms with Crippen molar-refractivity contribution in [2.75, 3.05) is 0 Å². The smallest absolute Gasteiger partial charge is 0.320 e. The van der Waals surface area contributed by atoms with E-state index in [9.17, 15) is 23.2 Å². The molecule has 2 atom stereocenters. The minimum absolute atomic E-state index is 0.0276. The molecular formula is C24H27F3N4O. The van der Waals surface area contributed by atoms with Crippen molar-refractivity contribution < 1.29 is 18.0 Å². The van der Waals surface area contributed by atoms with Gasteiger partial charge in [0.25, 0.3) is 0 Å². The maximum atomic E-state index is 14.4. The first-order valence-corrected chi connectivity index (χ1v) is 10.6. The maximum absolute atomic E-state index is 14.4. The van der Waals surface area contributed by atoms with E-state index in [0.29, 0.717) is 10.5 Å². The monoisotopic (exact) mass is 444 g/mol. The summed E-state index contributed by atoms with van der Waals surface area (Å²) < 4.78 is 43.1. The Hall–Kier alpha value is -2.92. The van der Waals surface area contributed by atoms with E-state index in [-0.39, 0.29) is 30.7 Å². The van der Waals surface area contributed by atoms with Gasteiger partial charge in [0.1, 0.15) is 5.54 Å². The number of nitrogens with zero attached hydrogens (tertiary/aromatic N) is 3. The van der Waals surface area contributed by atoms with Gasteiger partial charge in [0.15, 0.2) is 6.04 Å². The number of pyridine rings is 1. The number of alkyl halides is 3. The molecule has 1 heterocycles. The van der Waals surface area contributed by atoms with Crippen molar-refractivity contribution >= 4 is 5.91 Å². The van der Waals surface area contributed by atoms with Crippen LogP contribution >= 0.6 is 0 Å². The highest BCUT2D eigenvalue weighted by Crippen LogP contribution is 2.50. The summed E-state index contributed by atoms with van der Waals surface area (Å²) in [5.74, 6) is -0.813. The van der Waals surface area contributed by atoms with Crippen LogP contribution in [0.25, 0.3) is 11.1 Å². The molecule has 1 fully saturated rings. The number of amides is 1. The summed E-state index contributed by atoms with van der Waals surface area (Å²) >= 11 is 0. The first kappa shape index (κ1) is 23.7. The van der Waals surface area contributed by atoms with E-state index in [1.165, 1.54) is 12.1 Å². The lowest BCUT2D eigenvalue weighted by Gasteiger charge is -2.38. The van der Waals surface area contributed by atoms with Crippen molar-refractivity contribution in [3.8, 4) is 17.2 Å². The molecule has 5 nitrogen and oxygen atoms in total. The fourth-order valence-corrected chi connectivity index (χ4v) is 3.88. The van der Waals surface area contributed by atoms with Crippen LogP contribution in [0.3, 0.4) is 0 Å². The summed E-state index contributed by atoms with van der Waals surface area (Å²) in [6.07, 6.45) is -2.48. The van der Waals surface area contributed by atoms with Crippen LogP contribution in [-0.2, 0) is 4.79 Å². The predicted octanol–water partition coefficient (Wildman–Crippen LogP) is 4.92. The number of benzene rings is 1. The molecule has 1 aromatic heterocycles. The third-order valence-electron chi connectivity index (χ3n) is 5.71. The van der Waals surface area contributed by atoms with Gasteiger partial charge >= 0.3 is 6.18 Å². The van der Waals surface area contributed by atoms with Crippen LogP contribution in [0.2, 0.25) is 0 Å². The molecule has 0 aliphatic heterocycles. The molecule has 3 rings (SSSR count). The highest BCUT2D eigenvalue weighted by Gasteiger charge is 2.60. The topological polar surface area (TPSA) is 83.0 Å². The molecule has 1 aliphatic carbocycles. The zero-order chi connectivity index (χ0) is 23.7. The number of carbonyl (C=O) groups excluding carboxylic acids is 1. The van der Waals surface area contributed by atoms with Gasteiger partial charge in [-0.05, 0) is 49.3 Å². The molecule has 2 aromatic rings. The van der Waals surface area contributed by atoms with Crippen molar-refractivity contribution in [2.45, 2.75) is 63.8 Å². The first-order chi connectivity index (χ1) is 15.0. The number of halogens is 3. The summed E-state index contributed by atoms with van der Waals surface area (Å²) in [7, 11) is 0. The lowest BCUT2D eigenvalue weighted by molar-refractivity contribution is -0.197. The molecular weight excluding hydrogens is 417 g/mol. The minimum Gasteiger partial charge on any atom is -0.320 e. The van der Waals surface area contributed by atoms with Crippen LogP contribution in [0.5, 0.6) is 0 Å². The Morgan fingerprint density at radius 2 is 1.78 bits per heavy atom. The van der Waals surface area contributed by atoms with Crippen LogP contribution in [0.15, 0.2) is 42.6 Å².